The van der Waals surface area contributed by atoms with Gasteiger partial charge in [-0.1, -0.05) is 13.8 Å². The maximum Gasteiger partial charge on any atom is 0.345 e. The molecule has 0 bridgehead atoms. The third-order valence-electron chi connectivity index (χ3n) is 1.27. The van der Waals surface area contributed by atoms with E-state index in [1.807, 2.05) is 0 Å². The van der Waals surface area contributed by atoms with Crippen LogP contribution in [0, 0.1) is 5.92 Å². The van der Waals surface area contributed by atoms with Gasteiger partial charge >= 0.3 is 11.9 Å². The van der Waals surface area contributed by atoms with Crippen LogP contribution in [0.15, 0.2) is 0 Å². The summed E-state index contributed by atoms with van der Waals surface area (Å²) in [5.74, 6) is -2.10. The largest absolute Gasteiger partial charge is 0.478 e. The number of aliphatic carboxylic acids is 1. The summed E-state index contributed by atoms with van der Waals surface area (Å²) >= 11 is 0. The Morgan fingerprint density at radius 3 is 2.25 bits per heavy atom. The molecule has 1 unspecified atom stereocenters. The molecule has 0 aromatic rings. The fourth-order valence-electron chi connectivity index (χ4n) is 0.661. The number of hydrogen-bond acceptors (Lipinski definition) is 4. The van der Waals surface area contributed by atoms with Gasteiger partial charge in [-0.2, -0.15) is 0 Å². The number of esters is 1. The molecule has 0 aromatic heterocycles. The zero-order chi connectivity index (χ0) is 9.72. The number of nitrogens with two attached hydrogens (primary N) is 1. The number of hydrogen-bond donors (Lipinski definition) is 2. The number of ether oxygens (including phenoxy) is 1. The molecule has 0 fully saturated rings. The van der Waals surface area contributed by atoms with E-state index in [9.17, 15) is 9.59 Å². The second-order valence-electron chi connectivity index (χ2n) is 2.70. The van der Waals surface area contributed by atoms with Gasteiger partial charge in [-0.3, -0.25) is 4.79 Å². The van der Waals surface area contributed by atoms with Crippen molar-refractivity contribution in [1.29, 1.82) is 0 Å². The minimum atomic E-state index is -1.15. The van der Waals surface area contributed by atoms with E-state index in [0.717, 1.165) is 0 Å². The van der Waals surface area contributed by atoms with E-state index in [0.29, 0.717) is 0 Å². The van der Waals surface area contributed by atoms with Gasteiger partial charge in [0.05, 0.1) is 6.54 Å². The van der Waals surface area contributed by atoms with E-state index in [2.05, 4.69) is 4.74 Å². The molecule has 70 valence electrons. The van der Waals surface area contributed by atoms with Gasteiger partial charge in [-0.05, 0) is 0 Å². The smallest absolute Gasteiger partial charge is 0.345 e. The van der Waals surface area contributed by atoms with Crippen molar-refractivity contribution < 1.29 is 19.4 Å². The molecule has 0 spiro atoms. The second-order valence-corrected chi connectivity index (χ2v) is 2.70. The highest BCUT2D eigenvalue weighted by atomic mass is 16.6. The van der Waals surface area contributed by atoms with Gasteiger partial charge in [0, 0.05) is 5.92 Å². The summed E-state index contributed by atoms with van der Waals surface area (Å²) in [5.41, 5.74) is 4.95. The molecule has 12 heavy (non-hydrogen) atoms. The van der Waals surface area contributed by atoms with Gasteiger partial charge < -0.3 is 15.6 Å². The van der Waals surface area contributed by atoms with Crippen LogP contribution in [0.4, 0.5) is 0 Å². The van der Waals surface area contributed by atoms with E-state index in [1.54, 1.807) is 13.8 Å². The van der Waals surface area contributed by atoms with Crippen LogP contribution < -0.4 is 5.73 Å². The van der Waals surface area contributed by atoms with Gasteiger partial charge in [0.15, 0.2) is 0 Å². The van der Waals surface area contributed by atoms with Crippen molar-refractivity contribution in [1.82, 2.24) is 0 Å². The van der Waals surface area contributed by atoms with Crippen LogP contribution in [0.3, 0.4) is 0 Å². The number of carbonyl (C=O) groups is 2. The Morgan fingerprint density at radius 2 is 2.00 bits per heavy atom. The summed E-state index contributed by atoms with van der Waals surface area (Å²) in [6.45, 7) is 3.02. The highest BCUT2D eigenvalue weighted by molar-refractivity contribution is 5.78. The lowest BCUT2D eigenvalue weighted by Crippen LogP contribution is -2.34. The molecule has 0 saturated heterocycles. The number of rotatable bonds is 4. The third kappa shape index (κ3) is 3.34. The van der Waals surface area contributed by atoms with E-state index < -0.39 is 18.0 Å². The van der Waals surface area contributed by atoms with Gasteiger partial charge in [0.2, 0.25) is 6.10 Å². The van der Waals surface area contributed by atoms with Crippen LogP contribution in [0.5, 0.6) is 0 Å². The molecule has 0 saturated carbocycles. The van der Waals surface area contributed by atoms with E-state index in [4.69, 9.17) is 10.8 Å². The molecule has 0 aliphatic rings. The highest BCUT2D eigenvalue weighted by Crippen LogP contribution is 2.06. The Hall–Kier alpha value is -1.10. The average Bonchev–Trinajstić information content (AvgIpc) is 1.98. The molecule has 0 aliphatic carbocycles. The Bertz CT molecular complexity index is 178. The minimum Gasteiger partial charge on any atom is -0.478 e. The lowest BCUT2D eigenvalue weighted by atomic mass is 10.1. The Morgan fingerprint density at radius 1 is 1.50 bits per heavy atom. The first-order valence-electron chi connectivity index (χ1n) is 3.61. The van der Waals surface area contributed by atoms with Crippen molar-refractivity contribution in [3.05, 3.63) is 0 Å². The fourth-order valence-corrected chi connectivity index (χ4v) is 0.661. The maximum absolute atomic E-state index is 10.6. The predicted octanol–water partition coefficient (Wildman–Crippen LogP) is -0.402. The van der Waals surface area contributed by atoms with Crippen molar-refractivity contribution in [2.45, 2.75) is 20.0 Å². The lowest BCUT2D eigenvalue weighted by Gasteiger charge is -2.15. The molecular formula is C7H13NO4. The molecule has 0 amide bonds. The number of carboxylic acids is 1. The molecule has 0 rings (SSSR count). The minimum absolute atomic E-state index is 0.252. The Balaban J connectivity index is 4.14. The predicted molar refractivity (Wildman–Crippen MR) is 41.4 cm³/mol. The van der Waals surface area contributed by atoms with E-state index in [1.165, 1.54) is 0 Å². The quantitative estimate of drug-likeness (QED) is 0.567. The van der Waals surface area contributed by atoms with Crippen LogP contribution >= 0.6 is 0 Å². The monoisotopic (exact) mass is 175 g/mol. The summed E-state index contributed by atoms with van der Waals surface area (Å²) < 4.78 is 4.56. The van der Waals surface area contributed by atoms with Crippen LogP contribution in [-0.4, -0.2) is 29.7 Å². The highest BCUT2D eigenvalue weighted by Gasteiger charge is 2.24. The topological polar surface area (TPSA) is 89.6 Å². The normalized spacial score (nSPS) is 12.7. The fraction of sp³-hybridized carbons (Fsp3) is 0.714. The van der Waals surface area contributed by atoms with Gasteiger partial charge in [0.1, 0.15) is 0 Å². The zero-order valence-electron chi connectivity index (χ0n) is 7.11. The molecule has 0 radical (unpaired) electrons. The van der Waals surface area contributed by atoms with Crippen molar-refractivity contribution in [3.8, 4) is 0 Å². The Labute approximate surface area is 70.5 Å². The van der Waals surface area contributed by atoms with Gasteiger partial charge in [-0.25, -0.2) is 4.79 Å². The molecule has 0 aliphatic heterocycles. The van der Waals surface area contributed by atoms with Crippen molar-refractivity contribution >= 4 is 11.9 Å². The molecule has 1 atom stereocenters. The van der Waals surface area contributed by atoms with Crippen molar-refractivity contribution in [3.63, 3.8) is 0 Å². The SMILES string of the molecule is CC(C)C(OC(=O)CN)C(=O)O. The van der Waals surface area contributed by atoms with Crippen LogP contribution in [-0.2, 0) is 14.3 Å². The standard InChI is InChI=1S/C7H13NO4/c1-4(2)6(7(10)11)12-5(9)3-8/h4,6H,3,8H2,1-2H3,(H,10,11). The first-order valence-corrected chi connectivity index (χ1v) is 3.61. The van der Waals surface area contributed by atoms with Gasteiger partial charge in [-0.15, -0.1) is 0 Å². The average molecular weight is 175 g/mol. The second kappa shape index (κ2) is 4.71. The number of carbonyl (C=O) groups excluding carboxylic acids is 1. The molecule has 5 heteroatoms. The molecule has 0 aromatic carbocycles. The van der Waals surface area contributed by atoms with Crippen LogP contribution in [0.2, 0.25) is 0 Å². The molecular weight excluding hydrogens is 162 g/mol. The van der Waals surface area contributed by atoms with Crippen molar-refractivity contribution in [2.75, 3.05) is 6.54 Å². The van der Waals surface area contributed by atoms with Crippen molar-refractivity contribution in [2.24, 2.45) is 11.7 Å². The lowest BCUT2D eigenvalue weighted by molar-refractivity contribution is -0.166. The summed E-state index contributed by atoms with van der Waals surface area (Å²) in [5, 5.41) is 8.57. The van der Waals surface area contributed by atoms with Gasteiger partial charge in [0.25, 0.3) is 0 Å². The summed E-state index contributed by atoms with van der Waals surface area (Å²) in [4.78, 5) is 21.1. The molecule has 3 N–H and O–H groups in total. The summed E-state index contributed by atoms with van der Waals surface area (Å²) in [7, 11) is 0. The van der Waals surface area contributed by atoms with E-state index >= 15 is 0 Å². The Kier molecular flexibility index (Phi) is 4.28. The van der Waals surface area contributed by atoms with Crippen LogP contribution in [0.25, 0.3) is 0 Å². The third-order valence-corrected chi connectivity index (χ3v) is 1.27. The maximum atomic E-state index is 10.6. The zero-order valence-corrected chi connectivity index (χ0v) is 7.11. The molecule has 5 nitrogen and oxygen atoms in total. The first kappa shape index (κ1) is 10.9. The van der Waals surface area contributed by atoms with E-state index in [-0.39, 0.29) is 12.5 Å². The molecule has 0 heterocycles. The number of carboxylic acid groups (broad SMARTS) is 1. The summed E-state index contributed by atoms with van der Waals surface area (Å²) in [6.07, 6.45) is -1.10. The summed E-state index contributed by atoms with van der Waals surface area (Å²) in [6, 6.07) is 0. The van der Waals surface area contributed by atoms with Crippen LogP contribution in [0.1, 0.15) is 13.8 Å². The first-order chi connectivity index (χ1) is 5.49.